The van der Waals surface area contributed by atoms with Crippen LogP contribution in [0.25, 0.3) is 0 Å². The van der Waals surface area contributed by atoms with Gasteiger partial charge in [0.1, 0.15) is 0 Å². The van der Waals surface area contributed by atoms with Crippen molar-refractivity contribution in [2.24, 2.45) is 17.8 Å². The number of benzene rings is 1. The van der Waals surface area contributed by atoms with Gasteiger partial charge in [-0.25, -0.2) is 0 Å². The van der Waals surface area contributed by atoms with Crippen LogP contribution in [0.2, 0.25) is 18.1 Å². The van der Waals surface area contributed by atoms with E-state index in [0.717, 1.165) is 23.3 Å². The molecule has 0 bridgehead atoms. The molecule has 0 amide bonds. The lowest BCUT2D eigenvalue weighted by atomic mass is 9.73. The van der Waals surface area contributed by atoms with Gasteiger partial charge in [0.15, 0.2) is 0 Å². The fraction of sp³-hybridized carbons (Fsp3) is 0.667. The lowest BCUT2D eigenvalue weighted by Gasteiger charge is -2.37. The van der Waals surface area contributed by atoms with Crippen molar-refractivity contribution in [1.82, 2.24) is 0 Å². The Labute approximate surface area is 181 Å². The third kappa shape index (κ3) is 7.45. The molecule has 2 heteroatoms. The van der Waals surface area contributed by atoms with E-state index < -0.39 is 0 Å². The maximum absolute atomic E-state index is 8.89. The molecule has 1 saturated heterocycles. The molecule has 1 aromatic carbocycles. The lowest BCUT2D eigenvalue weighted by molar-refractivity contribution is 0.184. The highest BCUT2D eigenvalue weighted by Gasteiger charge is 2.30. The minimum atomic E-state index is -0.377. The van der Waals surface area contributed by atoms with Crippen molar-refractivity contribution in [3.63, 3.8) is 0 Å². The number of hydrogen-bond donors (Lipinski definition) is 0. The first kappa shape index (κ1) is 22.4. The van der Waals surface area contributed by atoms with E-state index in [1.165, 1.54) is 69.8 Å². The molecule has 0 N–H and O–H groups in total. The first-order valence-electron chi connectivity index (χ1n) is 12.4. The van der Waals surface area contributed by atoms with Crippen LogP contribution in [0.5, 0.6) is 0 Å². The molecular formula is C27H41NSi. The van der Waals surface area contributed by atoms with Crippen molar-refractivity contribution in [3.05, 3.63) is 48.0 Å². The van der Waals surface area contributed by atoms with Crippen LogP contribution in [0.1, 0.15) is 81.8 Å². The molecule has 1 aliphatic heterocycles. The molecule has 0 spiro atoms. The molecule has 29 heavy (non-hydrogen) atoms. The fourth-order valence-electron chi connectivity index (χ4n) is 5.96. The summed E-state index contributed by atoms with van der Waals surface area (Å²) in [6.07, 6.45) is 19.2. The summed E-state index contributed by atoms with van der Waals surface area (Å²) >= 11 is 0. The van der Waals surface area contributed by atoms with Crippen LogP contribution in [0.3, 0.4) is 0 Å². The summed E-state index contributed by atoms with van der Waals surface area (Å²) in [5, 5.41) is 8.89. The molecular weight excluding hydrogens is 366 g/mol. The molecule has 0 radical (unpaired) electrons. The largest absolute Gasteiger partial charge is 0.192 e. The van der Waals surface area contributed by atoms with Crippen molar-refractivity contribution in [3.8, 4) is 6.07 Å². The highest BCUT2D eigenvalue weighted by atomic mass is 28.3. The second-order valence-electron chi connectivity index (χ2n) is 9.84. The Hall–Kier alpha value is -1.33. The van der Waals surface area contributed by atoms with Crippen LogP contribution in [0, 0.1) is 29.1 Å². The van der Waals surface area contributed by atoms with Crippen molar-refractivity contribution in [2.45, 2.75) is 95.2 Å². The highest BCUT2D eigenvalue weighted by molar-refractivity contribution is 6.58. The van der Waals surface area contributed by atoms with Gasteiger partial charge in [0.25, 0.3) is 0 Å². The van der Waals surface area contributed by atoms with E-state index >= 15 is 0 Å². The van der Waals surface area contributed by atoms with Crippen molar-refractivity contribution in [1.29, 1.82) is 5.26 Å². The molecule has 1 nitrogen and oxygen atoms in total. The summed E-state index contributed by atoms with van der Waals surface area (Å²) in [7, 11) is -0.377. The molecule has 1 heterocycles. The van der Waals surface area contributed by atoms with Crippen molar-refractivity contribution < 1.29 is 0 Å². The Morgan fingerprint density at radius 1 is 0.931 bits per heavy atom. The summed E-state index contributed by atoms with van der Waals surface area (Å²) in [6, 6.07) is 15.2. The number of aryl methyl sites for hydroxylation is 1. The first-order chi connectivity index (χ1) is 14.3. The molecule has 3 rings (SSSR count). The SMILES string of the molecule is C=CCCC[SiH]1CCC([C@H]2CC[C@H](CCCCc3ccc(C#N)cc3)CC2)CC1. The molecule has 1 aliphatic carbocycles. The maximum Gasteiger partial charge on any atom is 0.0991 e. The van der Waals surface area contributed by atoms with E-state index in [-0.39, 0.29) is 8.80 Å². The van der Waals surface area contributed by atoms with Gasteiger partial charge in [0.05, 0.1) is 11.6 Å². The molecule has 0 atom stereocenters. The van der Waals surface area contributed by atoms with Gasteiger partial charge in [0.2, 0.25) is 0 Å². The zero-order valence-corrected chi connectivity index (χ0v) is 19.6. The Balaban J connectivity index is 1.26. The van der Waals surface area contributed by atoms with E-state index in [4.69, 9.17) is 5.26 Å². The Bertz CT molecular complexity index is 627. The molecule has 158 valence electrons. The van der Waals surface area contributed by atoms with Crippen molar-refractivity contribution in [2.75, 3.05) is 0 Å². The van der Waals surface area contributed by atoms with Gasteiger partial charge in [-0.3, -0.25) is 0 Å². The summed E-state index contributed by atoms with van der Waals surface area (Å²) in [5.74, 6) is 3.14. The van der Waals surface area contributed by atoms with Crippen LogP contribution in [-0.4, -0.2) is 8.80 Å². The van der Waals surface area contributed by atoms with Crippen molar-refractivity contribution >= 4 is 8.80 Å². The summed E-state index contributed by atoms with van der Waals surface area (Å²) in [5.41, 5.74) is 2.16. The molecule has 0 aromatic heterocycles. The van der Waals surface area contributed by atoms with Crippen LogP contribution < -0.4 is 0 Å². The minimum absolute atomic E-state index is 0.377. The smallest absolute Gasteiger partial charge is 0.0991 e. The summed E-state index contributed by atoms with van der Waals surface area (Å²) in [4.78, 5) is 0. The average Bonchev–Trinajstić information content (AvgIpc) is 2.78. The molecule has 2 aliphatic rings. The van der Waals surface area contributed by atoms with E-state index in [0.29, 0.717) is 0 Å². The zero-order valence-electron chi connectivity index (χ0n) is 18.5. The second kappa shape index (κ2) is 12.4. The van der Waals surface area contributed by atoms with E-state index in [9.17, 15) is 0 Å². The van der Waals surface area contributed by atoms with Crippen LogP contribution in [-0.2, 0) is 6.42 Å². The topological polar surface area (TPSA) is 23.8 Å². The third-order valence-corrected chi connectivity index (χ3v) is 11.4. The van der Waals surface area contributed by atoms with E-state index in [1.54, 1.807) is 31.0 Å². The Morgan fingerprint density at radius 3 is 2.28 bits per heavy atom. The van der Waals surface area contributed by atoms with Crippen LogP contribution in [0.15, 0.2) is 36.9 Å². The highest BCUT2D eigenvalue weighted by Crippen LogP contribution is 2.42. The molecule has 1 saturated carbocycles. The lowest BCUT2D eigenvalue weighted by Crippen LogP contribution is -2.28. The summed E-state index contributed by atoms with van der Waals surface area (Å²) in [6.45, 7) is 3.87. The first-order valence-corrected chi connectivity index (χ1v) is 14.8. The number of rotatable bonds is 10. The van der Waals surface area contributed by atoms with Gasteiger partial charge in [-0.1, -0.05) is 81.3 Å². The van der Waals surface area contributed by atoms with Gasteiger partial charge in [-0.2, -0.15) is 5.26 Å². The number of allylic oxidation sites excluding steroid dienone is 1. The normalized spacial score (nSPS) is 27.3. The van der Waals surface area contributed by atoms with Gasteiger partial charge >= 0.3 is 0 Å². The molecule has 0 unspecified atom stereocenters. The Morgan fingerprint density at radius 2 is 1.62 bits per heavy atom. The molecule has 1 aromatic rings. The van der Waals surface area contributed by atoms with E-state index in [1.807, 2.05) is 12.1 Å². The maximum atomic E-state index is 8.89. The van der Waals surface area contributed by atoms with Gasteiger partial charge in [-0.05, 0) is 67.6 Å². The fourth-order valence-corrected chi connectivity index (χ4v) is 9.43. The zero-order chi connectivity index (χ0) is 20.3. The van der Waals surface area contributed by atoms with E-state index in [2.05, 4.69) is 30.9 Å². The standard InChI is InChI=1S/C27H41NSi/c1-2-3-6-19-29-20-17-27(18-21-29)26-15-13-24(14-16-26)8-5-4-7-23-9-11-25(22-28)12-10-23/h2,9-12,24,26-27,29H,1,3-8,13-21H2/t24-,26-,27?,29?. The number of nitrogens with zero attached hydrogens (tertiary/aromatic N) is 1. The monoisotopic (exact) mass is 407 g/mol. The predicted molar refractivity (Wildman–Crippen MR) is 128 cm³/mol. The van der Waals surface area contributed by atoms with Gasteiger partial charge < -0.3 is 0 Å². The minimum Gasteiger partial charge on any atom is -0.192 e. The van der Waals surface area contributed by atoms with Crippen LogP contribution in [0.4, 0.5) is 0 Å². The third-order valence-electron chi connectivity index (χ3n) is 7.88. The average molecular weight is 408 g/mol. The second-order valence-corrected chi connectivity index (χ2v) is 13.3. The van der Waals surface area contributed by atoms with Gasteiger partial charge in [-0.15, -0.1) is 6.58 Å². The van der Waals surface area contributed by atoms with Gasteiger partial charge in [0, 0.05) is 8.80 Å². The molecule has 2 fully saturated rings. The van der Waals surface area contributed by atoms with Crippen LogP contribution >= 0.6 is 0 Å². The number of hydrogen-bond acceptors (Lipinski definition) is 1. The Kier molecular flexibility index (Phi) is 9.54. The predicted octanol–water partition coefficient (Wildman–Crippen LogP) is 7.68. The summed E-state index contributed by atoms with van der Waals surface area (Å²) < 4.78 is 0. The number of unbranched alkanes of at least 4 members (excludes halogenated alkanes) is 2. The number of nitriles is 1. The quantitative estimate of drug-likeness (QED) is 0.222.